The lowest BCUT2D eigenvalue weighted by atomic mass is 10.1. The van der Waals surface area contributed by atoms with Crippen molar-refractivity contribution in [3.05, 3.63) is 28.2 Å². The number of ether oxygens (including phenoxy) is 1. The Labute approximate surface area is 129 Å². The number of halogens is 1. The SMILES string of the molecule is COc1ccc(CS(=O)CC2(CC(=O)O)CC2)cc1Br. The molecule has 1 fully saturated rings. The average Bonchev–Trinajstić information content (AvgIpc) is 3.07. The molecule has 0 radical (unpaired) electrons. The number of carboxylic acids is 1. The van der Waals surface area contributed by atoms with Crippen LogP contribution >= 0.6 is 15.9 Å². The topological polar surface area (TPSA) is 63.6 Å². The standard InChI is InChI=1S/C14H17BrO4S/c1-19-12-3-2-10(6-11(12)15)8-20(18)9-14(4-5-14)7-13(16)17/h2-3,6H,4-5,7-9H2,1H3,(H,16,17). The normalized spacial score (nSPS) is 17.5. The molecule has 0 amide bonds. The minimum Gasteiger partial charge on any atom is -0.496 e. The number of carboxylic acid groups (broad SMARTS) is 1. The molecular formula is C14H17BrO4S. The summed E-state index contributed by atoms with van der Waals surface area (Å²) in [5.41, 5.74) is 0.738. The zero-order valence-electron chi connectivity index (χ0n) is 11.2. The van der Waals surface area contributed by atoms with E-state index in [1.807, 2.05) is 18.2 Å². The third kappa shape index (κ3) is 4.06. The largest absolute Gasteiger partial charge is 0.496 e. The van der Waals surface area contributed by atoms with Gasteiger partial charge in [0.15, 0.2) is 0 Å². The molecule has 20 heavy (non-hydrogen) atoms. The third-order valence-corrected chi connectivity index (χ3v) is 5.70. The van der Waals surface area contributed by atoms with Gasteiger partial charge in [0.2, 0.25) is 0 Å². The molecule has 0 aliphatic heterocycles. The monoisotopic (exact) mass is 360 g/mol. The predicted octanol–water partition coefficient (Wildman–Crippen LogP) is 2.96. The molecule has 4 nitrogen and oxygen atoms in total. The molecule has 0 spiro atoms. The number of aliphatic carboxylic acids is 1. The highest BCUT2D eigenvalue weighted by Crippen LogP contribution is 2.49. The van der Waals surface area contributed by atoms with Crippen molar-refractivity contribution < 1.29 is 18.8 Å². The van der Waals surface area contributed by atoms with Crippen LogP contribution in [0.1, 0.15) is 24.8 Å². The van der Waals surface area contributed by atoms with Crippen LogP contribution in [0.4, 0.5) is 0 Å². The summed E-state index contributed by atoms with van der Waals surface area (Å²) in [5.74, 6) is 0.864. The first-order valence-corrected chi connectivity index (χ1v) is 8.61. The minimum atomic E-state index is -1.04. The van der Waals surface area contributed by atoms with Crippen molar-refractivity contribution in [2.24, 2.45) is 5.41 Å². The second kappa shape index (κ2) is 6.26. The minimum absolute atomic E-state index is 0.130. The van der Waals surface area contributed by atoms with Gasteiger partial charge in [0, 0.05) is 22.3 Å². The molecule has 2 rings (SSSR count). The van der Waals surface area contributed by atoms with E-state index in [9.17, 15) is 9.00 Å². The summed E-state index contributed by atoms with van der Waals surface area (Å²) in [4.78, 5) is 10.8. The van der Waals surface area contributed by atoms with Gasteiger partial charge in [0.1, 0.15) is 5.75 Å². The van der Waals surface area contributed by atoms with Gasteiger partial charge in [-0.3, -0.25) is 9.00 Å². The van der Waals surface area contributed by atoms with Crippen LogP contribution in [0.3, 0.4) is 0 Å². The van der Waals surface area contributed by atoms with Gasteiger partial charge in [-0.2, -0.15) is 0 Å². The molecule has 1 unspecified atom stereocenters. The average molecular weight is 361 g/mol. The molecule has 6 heteroatoms. The molecule has 110 valence electrons. The van der Waals surface area contributed by atoms with Crippen molar-refractivity contribution in [3.63, 3.8) is 0 Å². The van der Waals surface area contributed by atoms with Gasteiger partial charge in [0.05, 0.1) is 18.0 Å². The number of hydrogen-bond acceptors (Lipinski definition) is 3. The summed E-state index contributed by atoms with van der Waals surface area (Å²) >= 11 is 3.40. The second-order valence-corrected chi connectivity index (χ2v) is 7.58. The maximum absolute atomic E-state index is 12.2. The van der Waals surface area contributed by atoms with Gasteiger partial charge in [-0.15, -0.1) is 0 Å². The van der Waals surface area contributed by atoms with Crippen LogP contribution in [-0.4, -0.2) is 28.1 Å². The fourth-order valence-electron chi connectivity index (χ4n) is 2.25. The number of carbonyl (C=O) groups is 1. The Kier molecular flexibility index (Phi) is 4.86. The van der Waals surface area contributed by atoms with Crippen LogP contribution < -0.4 is 4.74 Å². The van der Waals surface area contributed by atoms with E-state index < -0.39 is 16.8 Å². The molecule has 1 saturated carbocycles. The van der Waals surface area contributed by atoms with Gasteiger partial charge >= 0.3 is 5.97 Å². The highest BCUT2D eigenvalue weighted by Gasteiger charge is 2.45. The van der Waals surface area contributed by atoms with Gasteiger partial charge < -0.3 is 9.84 Å². The first kappa shape index (κ1) is 15.5. The Hall–Kier alpha value is -0.880. The summed E-state index contributed by atoms with van der Waals surface area (Å²) in [6.07, 6.45) is 1.87. The number of benzene rings is 1. The number of hydrogen-bond donors (Lipinski definition) is 1. The molecule has 1 aliphatic rings. The summed E-state index contributed by atoms with van der Waals surface area (Å²) < 4.78 is 18.2. The fourth-order valence-corrected chi connectivity index (χ4v) is 4.56. The van der Waals surface area contributed by atoms with E-state index in [4.69, 9.17) is 9.84 Å². The highest BCUT2D eigenvalue weighted by molar-refractivity contribution is 9.10. The Balaban J connectivity index is 1.95. The van der Waals surface area contributed by atoms with E-state index in [-0.39, 0.29) is 11.8 Å². The lowest BCUT2D eigenvalue weighted by molar-refractivity contribution is -0.138. The summed E-state index contributed by atoms with van der Waals surface area (Å²) in [6, 6.07) is 5.62. The van der Waals surface area contributed by atoms with Crippen LogP contribution in [0.15, 0.2) is 22.7 Å². The first-order valence-electron chi connectivity index (χ1n) is 6.33. The molecule has 0 aromatic heterocycles. The fraction of sp³-hybridized carbons (Fsp3) is 0.500. The van der Waals surface area contributed by atoms with Crippen LogP contribution in [0.5, 0.6) is 5.75 Å². The third-order valence-electron chi connectivity index (χ3n) is 3.49. The van der Waals surface area contributed by atoms with Gasteiger partial charge in [-0.1, -0.05) is 6.07 Å². The van der Waals surface area contributed by atoms with Crippen LogP contribution in [0.2, 0.25) is 0 Å². The van der Waals surface area contributed by atoms with Crippen LogP contribution in [0, 0.1) is 5.41 Å². The summed E-state index contributed by atoms with van der Waals surface area (Å²) in [5, 5.41) is 8.87. The molecule has 1 aromatic carbocycles. The van der Waals surface area contributed by atoms with E-state index in [0.29, 0.717) is 11.5 Å². The molecule has 0 saturated heterocycles. The lowest BCUT2D eigenvalue weighted by Crippen LogP contribution is -2.17. The quantitative estimate of drug-likeness (QED) is 0.811. The van der Waals surface area contributed by atoms with Crippen molar-refractivity contribution in [1.29, 1.82) is 0 Å². The molecule has 1 N–H and O–H groups in total. The number of methoxy groups -OCH3 is 1. The van der Waals surface area contributed by atoms with Crippen molar-refractivity contribution in [3.8, 4) is 5.75 Å². The van der Waals surface area contributed by atoms with Crippen molar-refractivity contribution in [2.45, 2.75) is 25.0 Å². The Morgan fingerprint density at radius 2 is 2.20 bits per heavy atom. The maximum atomic E-state index is 12.2. The smallest absolute Gasteiger partial charge is 0.303 e. The van der Waals surface area contributed by atoms with E-state index in [1.165, 1.54) is 0 Å². The maximum Gasteiger partial charge on any atom is 0.303 e. The Bertz CT molecular complexity index is 540. The lowest BCUT2D eigenvalue weighted by Gasteiger charge is -2.12. The van der Waals surface area contributed by atoms with Crippen molar-refractivity contribution in [2.75, 3.05) is 12.9 Å². The zero-order valence-corrected chi connectivity index (χ0v) is 13.6. The van der Waals surface area contributed by atoms with E-state index in [1.54, 1.807) is 7.11 Å². The molecule has 0 heterocycles. The first-order chi connectivity index (χ1) is 9.44. The van der Waals surface area contributed by atoms with Crippen molar-refractivity contribution >= 4 is 32.7 Å². The number of rotatable bonds is 7. The van der Waals surface area contributed by atoms with E-state index in [0.717, 1.165) is 28.6 Å². The Morgan fingerprint density at radius 1 is 1.50 bits per heavy atom. The summed E-state index contributed by atoms with van der Waals surface area (Å²) in [7, 11) is 0.562. The van der Waals surface area contributed by atoms with Gasteiger partial charge in [-0.25, -0.2) is 0 Å². The molecule has 0 bridgehead atoms. The van der Waals surface area contributed by atoms with E-state index >= 15 is 0 Å². The van der Waals surface area contributed by atoms with Crippen LogP contribution in [-0.2, 0) is 21.3 Å². The van der Waals surface area contributed by atoms with Gasteiger partial charge in [0.25, 0.3) is 0 Å². The molecule has 1 atom stereocenters. The highest BCUT2D eigenvalue weighted by atomic mass is 79.9. The predicted molar refractivity (Wildman–Crippen MR) is 81.3 cm³/mol. The second-order valence-electron chi connectivity index (χ2n) is 5.27. The summed E-state index contributed by atoms with van der Waals surface area (Å²) in [6.45, 7) is 0. The van der Waals surface area contributed by atoms with Crippen LogP contribution in [0.25, 0.3) is 0 Å². The molecular weight excluding hydrogens is 344 g/mol. The molecule has 1 aliphatic carbocycles. The van der Waals surface area contributed by atoms with Crippen molar-refractivity contribution in [1.82, 2.24) is 0 Å². The molecule has 1 aromatic rings. The Morgan fingerprint density at radius 3 is 2.70 bits per heavy atom. The van der Waals surface area contributed by atoms with Gasteiger partial charge in [-0.05, 0) is 51.9 Å². The van der Waals surface area contributed by atoms with E-state index in [2.05, 4.69) is 15.9 Å². The zero-order chi connectivity index (χ0) is 14.8.